The smallest absolute Gasteiger partial charge is 0.306 e. The fourth-order valence-corrected chi connectivity index (χ4v) is 7.83. The van der Waals surface area contributed by atoms with E-state index in [2.05, 4.69) is 27.7 Å². The molecule has 0 N–H and O–H groups in total. The van der Waals surface area contributed by atoms with Gasteiger partial charge in [0.2, 0.25) is 0 Å². The predicted octanol–water partition coefficient (Wildman–Crippen LogP) is 16.7. The van der Waals surface area contributed by atoms with E-state index in [0.29, 0.717) is 19.3 Å². The molecule has 344 valence electrons. The monoisotopic (exact) mass is 821 g/mol. The van der Waals surface area contributed by atoms with Crippen LogP contribution in [0.5, 0.6) is 0 Å². The Bertz CT molecular complexity index is 874. The lowest BCUT2D eigenvalue weighted by molar-refractivity contribution is -0.167. The SMILES string of the molecule is CCCCCCCCCCCCCCCCCCCCC(=O)OC[C@@H](COC(=O)CCCCCCCCC(C)CC)OC(=O)CCCCCCCCCCCCCC. The molecule has 0 aliphatic carbocycles. The zero-order chi connectivity index (χ0) is 42.4. The zero-order valence-electron chi connectivity index (χ0n) is 39.5. The van der Waals surface area contributed by atoms with Gasteiger partial charge in [-0.25, -0.2) is 0 Å². The lowest BCUT2D eigenvalue weighted by atomic mass is 10.00. The van der Waals surface area contributed by atoms with Gasteiger partial charge in [0, 0.05) is 19.3 Å². The minimum absolute atomic E-state index is 0.0635. The van der Waals surface area contributed by atoms with Crippen molar-refractivity contribution in [3.63, 3.8) is 0 Å². The van der Waals surface area contributed by atoms with Crippen LogP contribution >= 0.6 is 0 Å². The second kappa shape index (κ2) is 46.5. The summed E-state index contributed by atoms with van der Waals surface area (Å²) in [5.74, 6) is -0.0342. The van der Waals surface area contributed by atoms with Crippen LogP contribution in [0, 0.1) is 5.92 Å². The third kappa shape index (κ3) is 44.0. The number of ether oxygens (including phenoxy) is 3. The number of carbonyl (C=O) groups excluding carboxylic acids is 3. The zero-order valence-corrected chi connectivity index (χ0v) is 39.5. The molecular formula is C52H100O6. The first-order valence-corrected chi connectivity index (χ1v) is 25.9. The molecule has 0 spiro atoms. The van der Waals surface area contributed by atoms with Gasteiger partial charge in [-0.3, -0.25) is 14.4 Å². The molecular weight excluding hydrogens is 721 g/mol. The highest BCUT2D eigenvalue weighted by atomic mass is 16.6. The minimum atomic E-state index is -0.761. The summed E-state index contributed by atoms with van der Waals surface area (Å²) in [6, 6.07) is 0. The van der Waals surface area contributed by atoms with Crippen molar-refractivity contribution in [3.8, 4) is 0 Å². The average molecular weight is 821 g/mol. The van der Waals surface area contributed by atoms with Crippen molar-refractivity contribution >= 4 is 17.9 Å². The molecule has 0 saturated heterocycles. The first-order chi connectivity index (χ1) is 28.4. The molecule has 0 rings (SSSR count). The largest absolute Gasteiger partial charge is 0.462 e. The molecule has 0 aliphatic heterocycles. The van der Waals surface area contributed by atoms with Gasteiger partial charge >= 0.3 is 17.9 Å². The van der Waals surface area contributed by atoms with E-state index in [-0.39, 0.29) is 31.1 Å². The summed E-state index contributed by atoms with van der Waals surface area (Å²) in [7, 11) is 0. The third-order valence-corrected chi connectivity index (χ3v) is 12.2. The van der Waals surface area contributed by atoms with Crippen LogP contribution in [-0.2, 0) is 28.6 Å². The highest BCUT2D eigenvalue weighted by Gasteiger charge is 2.19. The van der Waals surface area contributed by atoms with Crippen LogP contribution < -0.4 is 0 Å². The summed E-state index contributed by atoms with van der Waals surface area (Å²) in [5.41, 5.74) is 0. The second-order valence-electron chi connectivity index (χ2n) is 18.1. The van der Waals surface area contributed by atoms with E-state index in [1.54, 1.807) is 0 Å². The summed E-state index contributed by atoms with van der Waals surface area (Å²) in [4.78, 5) is 37.9. The molecule has 0 fully saturated rings. The summed E-state index contributed by atoms with van der Waals surface area (Å²) in [6.45, 7) is 9.00. The van der Waals surface area contributed by atoms with Gasteiger partial charge in [-0.2, -0.15) is 0 Å². The first-order valence-electron chi connectivity index (χ1n) is 25.9. The number of unbranched alkanes of at least 4 members (excludes halogenated alkanes) is 33. The number of carbonyl (C=O) groups is 3. The molecule has 0 aromatic rings. The van der Waals surface area contributed by atoms with Crippen molar-refractivity contribution in [2.75, 3.05) is 13.2 Å². The Morgan fingerprint density at radius 2 is 0.603 bits per heavy atom. The van der Waals surface area contributed by atoms with Crippen LogP contribution in [0.2, 0.25) is 0 Å². The molecule has 0 amide bonds. The highest BCUT2D eigenvalue weighted by molar-refractivity contribution is 5.71. The Morgan fingerprint density at radius 1 is 0.345 bits per heavy atom. The van der Waals surface area contributed by atoms with Crippen LogP contribution in [0.15, 0.2) is 0 Å². The maximum absolute atomic E-state index is 12.7. The Labute approximate surface area is 361 Å². The van der Waals surface area contributed by atoms with Gasteiger partial charge < -0.3 is 14.2 Å². The molecule has 2 atom stereocenters. The average Bonchev–Trinajstić information content (AvgIpc) is 3.22. The number of hydrogen-bond donors (Lipinski definition) is 0. The number of hydrogen-bond acceptors (Lipinski definition) is 6. The van der Waals surface area contributed by atoms with Crippen LogP contribution in [0.3, 0.4) is 0 Å². The molecule has 58 heavy (non-hydrogen) atoms. The van der Waals surface area contributed by atoms with Crippen LogP contribution in [0.4, 0.5) is 0 Å². The molecule has 0 aromatic carbocycles. The van der Waals surface area contributed by atoms with E-state index >= 15 is 0 Å². The van der Waals surface area contributed by atoms with E-state index in [0.717, 1.165) is 63.7 Å². The fourth-order valence-electron chi connectivity index (χ4n) is 7.83. The summed E-state index contributed by atoms with van der Waals surface area (Å²) >= 11 is 0. The van der Waals surface area contributed by atoms with Crippen molar-refractivity contribution in [3.05, 3.63) is 0 Å². The minimum Gasteiger partial charge on any atom is -0.462 e. The molecule has 0 heterocycles. The molecule has 0 bridgehead atoms. The van der Waals surface area contributed by atoms with Gasteiger partial charge in [0.15, 0.2) is 6.10 Å². The summed E-state index contributed by atoms with van der Waals surface area (Å²) in [6.07, 6.45) is 48.1. The Kier molecular flexibility index (Phi) is 45.2. The third-order valence-electron chi connectivity index (χ3n) is 12.2. The Balaban J connectivity index is 4.25. The van der Waals surface area contributed by atoms with E-state index in [4.69, 9.17) is 14.2 Å². The lowest BCUT2D eigenvalue weighted by Gasteiger charge is -2.18. The maximum atomic E-state index is 12.7. The van der Waals surface area contributed by atoms with Gasteiger partial charge in [-0.15, -0.1) is 0 Å². The molecule has 6 heteroatoms. The molecule has 0 aromatic heterocycles. The Morgan fingerprint density at radius 3 is 0.897 bits per heavy atom. The van der Waals surface area contributed by atoms with Crippen molar-refractivity contribution in [1.82, 2.24) is 0 Å². The lowest BCUT2D eigenvalue weighted by Crippen LogP contribution is -2.30. The van der Waals surface area contributed by atoms with Gasteiger partial charge in [0.05, 0.1) is 0 Å². The van der Waals surface area contributed by atoms with E-state index < -0.39 is 6.10 Å². The normalized spacial score (nSPS) is 12.4. The van der Waals surface area contributed by atoms with Gasteiger partial charge in [0.1, 0.15) is 13.2 Å². The number of rotatable bonds is 47. The molecule has 0 aliphatic rings. The fraction of sp³-hybridized carbons (Fsp3) is 0.942. The predicted molar refractivity (Wildman–Crippen MR) is 247 cm³/mol. The standard InChI is InChI=1S/C52H100O6/c1-5-8-10-12-14-16-18-20-21-22-23-24-25-27-28-30-35-39-43-50(53)56-46-49(47-57-51(54)44-40-36-33-32-34-38-42-48(4)7-3)58-52(55)45-41-37-31-29-26-19-17-15-13-11-9-6-2/h48-49H,5-47H2,1-4H3/t48?,49-/m0/s1. The highest BCUT2D eigenvalue weighted by Crippen LogP contribution is 2.17. The van der Waals surface area contributed by atoms with Crippen LogP contribution in [0.1, 0.15) is 291 Å². The maximum Gasteiger partial charge on any atom is 0.306 e. The van der Waals surface area contributed by atoms with E-state index in [1.165, 1.54) is 186 Å². The van der Waals surface area contributed by atoms with Crippen molar-refractivity contribution < 1.29 is 28.6 Å². The Hall–Kier alpha value is -1.59. The summed E-state index contributed by atoms with van der Waals surface area (Å²) < 4.78 is 16.8. The van der Waals surface area contributed by atoms with Crippen LogP contribution in [0.25, 0.3) is 0 Å². The van der Waals surface area contributed by atoms with Gasteiger partial charge in [0.25, 0.3) is 0 Å². The molecule has 6 nitrogen and oxygen atoms in total. The van der Waals surface area contributed by atoms with E-state index in [1.807, 2.05) is 0 Å². The molecule has 0 saturated carbocycles. The van der Waals surface area contributed by atoms with Crippen LogP contribution in [-0.4, -0.2) is 37.2 Å². The molecule has 1 unspecified atom stereocenters. The van der Waals surface area contributed by atoms with E-state index in [9.17, 15) is 14.4 Å². The quantitative estimate of drug-likeness (QED) is 0.0346. The van der Waals surface area contributed by atoms with Crippen molar-refractivity contribution in [2.24, 2.45) is 5.92 Å². The number of esters is 3. The molecule has 0 radical (unpaired) electrons. The second-order valence-corrected chi connectivity index (χ2v) is 18.1. The van der Waals surface area contributed by atoms with Gasteiger partial charge in [-0.1, -0.05) is 252 Å². The topological polar surface area (TPSA) is 78.9 Å². The van der Waals surface area contributed by atoms with Crippen molar-refractivity contribution in [1.29, 1.82) is 0 Å². The summed E-state index contributed by atoms with van der Waals surface area (Å²) in [5, 5.41) is 0. The van der Waals surface area contributed by atoms with Gasteiger partial charge in [-0.05, 0) is 25.2 Å². The first kappa shape index (κ1) is 56.4. The van der Waals surface area contributed by atoms with Crippen molar-refractivity contribution in [2.45, 2.75) is 297 Å².